The number of hydrogen-bond acceptors (Lipinski definition) is 4. The topological polar surface area (TPSA) is 65.6 Å². The molecule has 0 aromatic carbocycles. The summed E-state index contributed by atoms with van der Waals surface area (Å²) in [6.45, 7) is 6.75. The number of nitrogens with one attached hydrogen (secondary N) is 1. The van der Waals surface area contributed by atoms with Crippen molar-refractivity contribution < 1.29 is 4.84 Å². The highest BCUT2D eigenvalue weighted by Gasteiger charge is 2.25. The maximum absolute atomic E-state index is 7.45. The van der Waals surface area contributed by atoms with Crippen molar-refractivity contribution in [3.8, 4) is 0 Å². The van der Waals surface area contributed by atoms with Crippen molar-refractivity contribution in [2.24, 2.45) is 11.7 Å². The van der Waals surface area contributed by atoms with E-state index in [1.807, 2.05) is 18.9 Å². The molecule has 0 bridgehead atoms. The lowest BCUT2D eigenvalue weighted by Gasteiger charge is -2.34. The zero-order valence-corrected chi connectivity index (χ0v) is 10.6. The van der Waals surface area contributed by atoms with E-state index in [1.165, 1.54) is 0 Å². The average molecular weight is 237 g/mol. The molecule has 3 N–H and O–H groups in total. The number of hydrogen-bond donors (Lipinski definition) is 2. The normalized spacial score (nSPS) is 27.3. The summed E-state index contributed by atoms with van der Waals surface area (Å²) in [5.41, 5.74) is 6.59. The first-order valence-corrected chi connectivity index (χ1v) is 6.17. The zero-order valence-electron chi connectivity index (χ0n) is 10.6. The molecule has 5 heteroatoms. The molecule has 95 valence electrons. The van der Waals surface area contributed by atoms with Crippen molar-refractivity contribution in [1.29, 1.82) is 5.41 Å². The molecule has 1 atom stereocenters. The first-order chi connectivity index (χ1) is 8.06. The van der Waals surface area contributed by atoms with Crippen molar-refractivity contribution in [2.75, 3.05) is 19.8 Å². The highest BCUT2D eigenvalue weighted by atomic mass is 16.7. The smallest absolute Gasteiger partial charge is 0.110 e. The summed E-state index contributed by atoms with van der Waals surface area (Å²) in [6, 6.07) is 0. The van der Waals surface area contributed by atoms with Crippen LogP contribution in [0.2, 0.25) is 0 Å². The van der Waals surface area contributed by atoms with Crippen molar-refractivity contribution >= 4 is 5.84 Å². The first kappa shape index (κ1) is 12.4. The number of piperidine rings is 1. The quantitative estimate of drug-likeness (QED) is 0.566. The van der Waals surface area contributed by atoms with Crippen LogP contribution in [0.1, 0.15) is 26.7 Å². The van der Waals surface area contributed by atoms with Crippen molar-refractivity contribution in [2.45, 2.75) is 32.8 Å². The zero-order chi connectivity index (χ0) is 12.4. The predicted molar refractivity (Wildman–Crippen MR) is 65.9 cm³/mol. The molecule has 2 rings (SSSR count). The number of amidine groups is 1. The molecule has 5 nitrogen and oxygen atoms in total. The monoisotopic (exact) mass is 237 g/mol. The van der Waals surface area contributed by atoms with E-state index >= 15 is 0 Å². The molecule has 0 aromatic heterocycles. The highest BCUT2D eigenvalue weighted by molar-refractivity contribution is 5.79. The third kappa shape index (κ3) is 2.98. The molecule has 1 fully saturated rings. The Morgan fingerprint density at radius 2 is 2.18 bits per heavy atom. The molecule has 2 aliphatic rings. The summed E-state index contributed by atoms with van der Waals surface area (Å²) in [6.07, 6.45) is 5.24. The van der Waals surface area contributed by atoms with Gasteiger partial charge in [-0.15, -0.1) is 0 Å². The summed E-state index contributed by atoms with van der Waals surface area (Å²) in [5.74, 6) is 0.605. The predicted octanol–water partition coefficient (Wildman–Crippen LogP) is 0.935. The van der Waals surface area contributed by atoms with E-state index in [-0.39, 0.29) is 12.0 Å². The van der Waals surface area contributed by atoms with Gasteiger partial charge in [-0.25, -0.2) is 5.06 Å². The summed E-state index contributed by atoms with van der Waals surface area (Å²) in [4.78, 5) is 7.96. The Balaban J connectivity index is 1.79. The van der Waals surface area contributed by atoms with Crippen molar-refractivity contribution in [3.63, 3.8) is 0 Å². The van der Waals surface area contributed by atoms with Gasteiger partial charge in [0.15, 0.2) is 0 Å². The Bertz CT molecular complexity index is 320. The number of hydroxylamine groups is 2. The molecule has 0 saturated carbocycles. The minimum Gasteiger partial charge on any atom is -0.387 e. The van der Waals surface area contributed by atoms with Gasteiger partial charge in [0, 0.05) is 30.8 Å². The molecule has 2 aliphatic heterocycles. The van der Waals surface area contributed by atoms with Gasteiger partial charge in [0.25, 0.3) is 0 Å². The van der Waals surface area contributed by atoms with Crippen LogP contribution < -0.4 is 5.73 Å². The lowest BCUT2D eigenvalue weighted by Crippen LogP contribution is -2.43. The van der Waals surface area contributed by atoms with Gasteiger partial charge in [0.05, 0.1) is 12.5 Å². The minimum atomic E-state index is 0.0600. The summed E-state index contributed by atoms with van der Waals surface area (Å²) in [7, 11) is 0. The molecule has 1 radical (unpaired) electrons. The maximum atomic E-state index is 7.45. The van der Waals surface area contributed by atoms with Crippen LogP contribution in [-0.2, 0) is 4.84 Å². The van der Waals surface area contributed by atoms with Crippen LogP contribution in [0, 0.1) is 17.4 Å². The molecule has 0 amide bonds. The fourth-order valence-electron chi connectivity index (χ4n) is 2.37. The fraction of sp³-hybridized carbons (Fsp3) is 0.750. The Morgan fingerprint density at radius 1 is 1.53 bits per heavy atom. The van der Waals surface area contributed by atoms with Gasteiger partial charge < -0.3 is 5.73 Å². The van der Waals surface area contributed by atoms with Crippen LogP contribution in [0.15, 0.2) is 5.70 Å². The van der Waals surface area contributed by atoms with E-state index in [4.69, 9.17) is 16.0 Å². The van der Waals surface area contributed by atoms with E-state index in [2.05, 4.69) is 11.0 Å². The second-order valence-electron chi connectivity index (χ2n) is 4.84. The molecule has 0 spiro atoms. The molecule has 1 unspecified atom stereocenters. The van der Waals surface area contributed by atoms with Crippen molar-refractivity contribution in [1.82, 2.24) is 9.96 Å². The van der Waals surface area contributed by atoms with Crippen LogP contribution in [-0.4, -0.2) is 41.7 Å². The van der Waals surface area contributed by atoms with Gasteiger partial charge in [0.1, 0.15) is 6.10 Å². The number of nitrogens with two attached hydrogens (primary N) is 1. The Morgan fingerprint density at radius 3 is 2.65 bits per heavy atom. The van der Waals surface area contributed by atoms with E-state index in [0.717, 1.165) is 38.3 Å². The SMILES string of the molecule is CC1=[C]C(C)ON1CN1CCC(C(=N)N)CC1. The number of nitrogens with zero attached hydrogens (tertiary/aromatic N) is 2. The van der Waals surface area contributed by atoms with Crippen LogP contribution in [0.3, 0.4) is 0 Å². The highest BCUT2D eigenvalue weighted by Crippen LogP contribution is 2.21. The van der Waals surface area contributed by atoms with Crippen LogP contribution in [0.4, 0.5) is 0 Å². The summed E-state index contributed by atoms with van der Waals surface area (Å²) in [5, 5.41) is 9.35. The molecule has 0 aliphatic carbocycles. The van der Waals surface area contributed by atoms with E-state index in [1.54, 1.807) is 0 Å². The largest absolute Gasteiger partial charge is 0.387 e. The third-order valence-electron chi connectivity index (χ3n) is 3.43. The number of likely N-dealkylation sites (tertiary alicyclic amines) is 1. The fourth-order valence-corrected chi connectivity index (χ4v) is 2.37. The first-order valence-electron chi connectivity index (χ1n) is 6.17. The summed E-state index contributed by atoms with van der Waals surface area (Å²) >= 11 is 0. The van der Waals surface area contributed by atoms with Crippen LogP contribution in [0.25, 0.3) is 0 Å². The van der Waals surface area contributed by atoms with E-state index in [0.29, 0.717) is 5.84 Å². The van der Waals surface area contributed by atoms with Gasteiger partial charge in [-0.2, -0.15) is 0 Å². The third-order valence-corrected chi connectivity index (χ3v) is 3.43. The lowest BCUT2D eigenvalue weighted by molar-refractivity contribution is -0.158. The van der Waals surface area contributed by atoms with Gasteiger partial charge in [-0.1, -0.05) is 0 Å². The summed E-state index contributed by atoms with van der Waals surface area (Å²) < 4.78 is 0. The maximum Gasteiger partial charge on any atom is 0.110 e. The van der Waals surface area contributed by atoms with Crippen molar-refractivity contribution in [3.05, 3.63) is 11.8 Å². The lowest BCUT2D eigenvalue weighted by atomic mass is 9.96. The van der Waals surface area contributed by atoms with Gasteiger partial charge >= 0.3 is 0 Å². The van der Waals surface area contributed by atoms with Crippen LogP contribution >= 0.6 is 0 Å². The number of rotatable bonds is 3. The molecular formula is C12H21N4O. The molecule has 2 heterocycles. The van der Waals surface area contributed by atoms with E-state index < -0.39 is 0 Å². The molecular weight excluding hydrogens is 216 g/mol. The Hall–Kier alpha value is -1.07. The van der Waals surface area contributed by atoms with E-state index in [9.17, 15) is 0 Å². The second kappa shape index (κ2) is 5.06. The minimum absolute atomic E-state index is 0.0600. The standard InChI is InChI=1S/C12H21N4O/c1-9-7-10(2)17-16(9)8-15-5-3-11(4-6-15)12(13)14/h10-11H,3-6,8H2,1-2H3,(H3,13,14). The molecule has 1 saturated heterocycles. The Kier molecular flexibility index (Phi) is 3.69. The van der Waals surface area contributed by atoms with Gasteiger partial charge in [-0.05, 0) is 26.7 Å². The average Bonchev–Trinajstić information content (AvgIpc) is 2.58. The Labute approximate surface area is 103 Å². The number of allylic oxidation sites excluding steroid dienone is 1. The van der Waals surface area contributed by atoms with Gasteiger partial charge in [-0.3, -0.25) is 15.1 Å². The molecule has 0 aromatic rings. The van der Waals surface area contributed by atoms with Gasteiger partial charge in [0.2, 0.25) is 0 Å². The van der Waals surface area contributed by atoms with Crippen LogP contribution in [0.5, 0.6) is 0 Å². The second-order valence-corrected chi connectivity index (χ2v) is 4.84. The molecule has 17 heavy (non-hydrogen) atoms.